The van der Waals surface area contributed by atoms with Crippen molar-refractivity contribution in [2.24, 2.45) is 5.73 Å². The quantitative estimate of drug-likeness (QED) is 0.746. The van der Waals surface area contributed by atoms with Crippen molar-refractivity contribution in [3.63, 3.8) is 0 Å². The summed E-state index contributed by atoms with van der Waals surface area (Å²) in [6.07, 6.45) is 2.37. The van der Waals surface area contributed by atoms with Crippen molar-refractivity contribution in [1.29, 1.82) is 0 Å². The van der Waals surface area contributed by atoms with E-state index in [2.05, 4.69) is 5.32 Å². The molecule has 0 fully saturated rings. The number of carbonyl (C=O) groups excluding carboxylic acids is 1. The number of nitrogens with one attached hydrogen (secondary N) is 1. The molecule has 1 amide bonds. The summed E-state index contributed by atoms with van der Waals surface area (Å²) >= 11 is 1.68. The Morgan fingerprint density at radius 2 is 2.28 bits per heavy atom. The molecule has 0 saturated heterocycles. The zero-order valence-electron chi connectivity index (χ0n) is 11.4. The summed E-state index contributed by atoms with van der Waals surface area (Å²) in [5.41, 5.74) is 4.83. The smallest absolute Gasteiger partial charge is 0.237 e. The second kappa shape index (κ2) is 6.29. The number of amides is 1. The van der Waals surface area contributed by atoms with Gasteiger partial charge in [0.2, 0.25) is 5.91 Å². The van der Waals surface area contributed by atoms with Crippen LogP contribution in [0.15, 0.2) is 21.6 Å². The molecule has 0 bridgehead atoms. The second-order valence-corrected chi connectivity index (χ2v) is 6.07. The SMILES string of the molecule is Cc1occc1SCCC(C)(NC(C)C)C(N)=O. The summed E-state index contributed by atoms with van der Waals surface area (Å²) < 4.78 is 5.23. The second-order valence-electron chi connectivity index (χ2n) is 4.93. The first-order chi connectivity index (χ1) is 8.35. The summed E-state index contributed by atoms with van der Waals surface area (Å²) in [4.78, 5) is 12.7. The third kappa shape index (κ3) is 4.07. The molecule has 0 saturated carbocycles. The monoisotopic (exact) mass is 270 g/mol. The van der Waals surface area contributed by atoms with Gasteiger partial charge in [0.25, 0.3) is 0 Å². The van der Waals surface area contributed by atoms with Gasteiger partial charge in [-0.15, -0.1) is 11.8 Å². The number of furan rings is 1. The molecule has 3 N–H and O–H groups in total. The summed E-state index contributed by atoms with van der Waals surface area (Å²) in [6.45, 7) is 7.81. The minimum atomic E-state index is -0.654. The normalized spacial score (nSPS) is 14.7. The Morgan fingerprint density at radius 3 is 2.72 bits per heavy atom. The molecule has 1 aromatic heterocycles. The molecule has 1 aromatic rings. The van der Waals surface area contributed by atoms with Crippen molar-refractivity contribution in [2.45, 2.75) is 50.6 Å². The van der Waals surface area contributed by atoms with Crippen LogP contribution in [0.2, 0.25) is 0 Å². The fourth-order valence-corrected chi connectivity index (χ4v) is 2.93. The van der Waals surface area contributed by atoms with Gasteiger partial charge < -0.3 is 15.5 Å². The molecule has 0 spiro atoms. The molecule has 0 aliphatic carbocycles. The van der Waals surface area contributed by atoms with E-state index in [1.54, 1.807) is 18.0 Å². The van der Waals surface area contributed by atoms with E-state index < -0.39 is 5.54 Å². The Bertz CT molecular complexity index is 403. The zero-order valence-corrected chi connectivity index (χ0v) is 12.3. The maximum Gasteiger partial charge on any atom is 0.237 e. The lowest BCUT2D eigenvalue weighted by Gasteiger charge is -2.29. The molecule has 1 rings (SSSR count). The number of thioether (sulfide) groups is 1. The Hall–Kier alpha value is -0.940. The zero-order chi connectivity index (χ0) is 13.8. The van der Waals surface area contributed by atoms with Crippen LogP contribution in [0.1, 0.15) is 33.0 Å². The molecule has 1 atom stereocenters. The standard InChI is InChI=1S/C13H22N2O2S/c1-9(2)15-13(4,12(14)16)6-8-18-11-5-7-17-10(11)3/h5,7,9,15H,6,8H2,1-4H3,(H2,14,16). The van der Waals surface area contributed by atoms with Crippen LogP contribution in [-0.2, 0) is 4.79 Å². The first-order valence-electron chi connectivity index (χ1n) is 6.09. The molecule has 1 unspecified atom stereocenters. The van der Waals surface area contributed by atoms with Crippen LogP contribution in [-0.4, -0.2) is 23.2 Å². The van der Waals surface area contributed by atoms with Gasteiger partial charge in [0.15, 0.2) is 0 Å². The first kappa shape index (κ1) is 15.1. The maximum absolute atomic E-state index is 11.5. The van der Waals surface area contributed by atoms with E-state index in [0.29, 0.717) is 6.42 Å². The highest BCUT2D eigenvalue weighted by molar-refractivity contribution is 7.99. The van der Waals surface area contributed by atoms with E-state index in [4.69, 9.17) is 10.2 Å². The van der Waals surface area contributed by atoms with Crippen molar-refractivity contribution in [2.75, 3.05) is 5.75 Å². The molecule has 0 aliphatic rings. The van der Waals surface area contributed by atoms with Gasteiger partial charge in [-0.2, -0.15) is 0 Å². The van der Waals surface area contributed by atoms with Crippen molar-refractivity contribution in [3.8, 4) is 0 Å². The predicted octanol–water partition coefficient (Wildman–Crippen LogP) is 2.31. The van der Waals surface area contributed by atoms with Crippen LogP contribution in [0, 0.1) is 6.92 Å². The number of nitrogens with two attached hydrogens (primary N) is 1. The Balaban J connectivity index is 2.53. The lowest BCUT2D eigenvalue weighted by molar-refractivity contribution is -0.124. The molecule has 1 heterocycles. The van der Waals surface area contributed by atoms with Gasteiger partial charge in [-0.3, -0.25) is 4.79 Å². The van der Waals surface area contributed by atoms with Crippen molar-refractivity contribution in [1.82, 2.24) is 5.32 Å². The van der Waals surface area contributed by atoms with Gasteiger partial charge in [0.1, 0.15) is 5.76 Å². The third-order valence-corrected chi connectivity index (χ3v) is 3.96. The average Bonchev–Trinajstić information content (AvgIpc) is 2.63. The molecule has 102 valence electrons. The number of hydrogen-bond acceptors (Lipinski definition) is 4. The van der Waals surface area contributed by atoms with Crippen molar-refractivity contribution in [3.05, 3.63) is 18.1 Å². The molecular formula is C13H22N2O2S. The molecule has 18 heavy (non-hydrogen) atoms. The Morgan fingerprint density at radius 1 is 1.61 bits per heavy atom. The van der Waals surface area contributed by atoms with Crippen LogP contribution in [0.4, 0.5) is 0 Å². The van der Waals surface area contributed by atoms with Gasteiger partial charge in [0, 0.05) is 16.7 Å². The molecule has 0 aliphatic heterocycles. The third-order valence-electron chi connectivity index (χ3n) is 2.82. The summed E-state index contributed by atoms with van der Waals surface area (Å²) in [7, 11) is 0. The molecule has 0 aromatic carbocycles. The summed E-state index contributed by atoms with van der Waals surface area (Å²) in [6, 6.07) is 2.17. The Kier molecular flexibility index (Phi) is 5.28. The highest BCUT2D eigenvalue weighted by Gasteiger charge is 2.30. The first-order valence-corrected chi connectivity index (χ1v) is 7.08. The minimum absolute atomic E-state index is 0.225. The Labute approximate surface area is 113 Å². The topological polar surface area (TPSA) is 68.3 Å². The molecular weight excluding hydrogens is 248 g/mol. The lowest BCUT2D eigenvalue weighted by atomic mass is 9.97. The van der Waals surface area contributed by atoms with E-state index in [0.717, 1.165) is 16.4 Å². The number of rotatable bonds is 7. The van der Waals surface area contributed by atoms with E-state index >= 15 is 0 Å². The van der Waals surface area contributed by atoms with Crippen LogP contribution in [0.25, 0.3) is 0 Å². The highest BCUT2D eigenvalue weighted by atomic mass is 32.2. The van der Waals surface area contributed by atoms with Gasteiger partial charge in [-0.05, 0) is 40.2 Å². The predicted molar refractivity (Wildman–Crippen MR) is 74.7 cm³/mol. The van der Waals surface area contributed by atoms with Crippen molar-refractivity contribution >= 4 is 17.7 Å². The van der Waals surface area contributed by atoms with Crippen LogP contribution in [0.3, 0.4) is 0 Å². The molecule has 5 heteroatoms. The lowest BCUT2D eigenvalue weighted by Crippen LogP contribution is -2.55. The van der Waals surface area contributed by atoms with Gasteiger partial charge >= 0.3 is 0 Å². The number of primary amides is 1. The maximum atomic E-state index is 11.5. The molecule has 4 nitrogen and oxygen atoms in total. The number of carbonyl (C=O) groups is 1. The van der Waals surface area contributed by atoms with E-state index in [1.807, 2.05) is 33.8 Å². The fourth-order valence-electron chi connectivity index (χ4n) is 1.79. The minimum Gasteiger partial charge on any atom is -0.468 e. The highest BCUT2D eigenvalue weighted by Crippen LogP contribution is 2.25. The van der Waals surface area contributed by atoms with E-state index in [-0.39, 0.29) is 11.9 Å². The fraction of sp³-hybridized carbons (Fsp3) is 0.615. The average molecular weight is 270 g/mol. The number of aryl methyl sites for hydroxylation is 1. The van der Waals surface area contributed by atoms with Gasteiger partial charge in [-0.25, -0.2) is 0 Å². The summed E-state index contributed by atoms with van der Waals surface area (Å²) in [5.74, 6) is 1.43. The van der Waals surface area contributed by atoms with Crippen LogP contribution in [0.5, 0.6) is 0 Å². The summed E-state index contributed by atoms with van der Waals surface area (Å²) in [5, 5.41) is 3.24. The van der Waals surface area contributed by atoms with Crippen molar-refractivity contribution < 1.29 is 9.21 Å². The van der Waals surface area contributed by atoms with E-state index in [9.17, 15) is 4.79 Å². The van der Waals surface area contributed by atoms with Crippen LogP contribution >= 0.6 is 11.8 Å². The van der Waals surface area contributed by atoms with Crippen LogP contribution < -0.4 is 11.1 Å². The molecule has 0 radical (unpaired) electrons. The van der Waals surface area contributed by atoms with E-state index in [1.165, 1.54) is 0 Å². The number of hydrogen-bond donors (Lipinski definition) is 2. The van der Waals surface area contributed by atoms with Gasteiger partial charge in [0.05, 0.1) is 11.8 Å². The largest absolute Gasteiger partial charge is 0.468 e. The van der Waals surface area contributed by atoms with Gasteiger partial charge in [-0.1, -0.05) is 0 Å².